The molecule has 4 nitrogen and oxygen atoms in total. The third-order valence-corrected chi connectivity index (χ3v) is 5.66. The minimum absolute atomic E-state index is 0.128. The minimum Gasteiger partial charge on any atom is -0.354 e. The molecule has 1 aromatic rings. The average molecular weight is 293 g/mol. The van der Waals surface area contributed by atoms with Crippen LogP contribution in [0.25, 0.3) is 0 Å². The van der Waals surface area contributed by atoms with E-state index in [1.165, 1.54) is 4.88 Å². The van der Waals surface area contributed by atoms with E-state index in [0.29, 0.717) is 6.04 Å². The van der Waals surface area contributed by atoms with Crippen LogP contribution in [0.3, 0.4) is 0 Å². The predicted octanol–water partition coefficient (Wildman–Crippen LogP) is 1.74. The van der Waals surface area contributed by atoms with Crippen LogP contribution in [-0.4, -0.2) is 36.0 Å². The van der Waals surface area contributed by atoms with Crippen LogP contribution in [0.15, 0.2) is 17.5 Å². The highest BCUT2D eigenvalue weighted by Gasteiger charge is 2.44. The summed E-state index contributed by atoms with van der Waals surface area (Å²) in [5, 5.41) is 5.15. The lowest BCUT2D eigenvalue weighted by atomic mass is 9.88. The van der Waals surface area contributed by atoms with Gasteiger partial charge >= 0.3 is 0 Å². The van der Waals surface area contributed by atoms with Crippen molar-refractivity contribution >= 4 is 17.2 Å². The van der Waals surface area contributed by atoms with Gasteiger partial charge in [0, 0.05) is 23.5 Å². The van der Waals surface area contributed by atoms with Crippen LogP contribution in [0.1, 0.15) is 37.1 Å². The number of likely N-dealkylation sites (tertiary alicyclic amines) is 1. The lowest BCUT2D eigenvalue weighted by Crippen LogP contribution is -2.51. The Hall–Kier alpha value is -0.910. The number of carbonyl (C=O) groups excluding carboxylic acids is 1. The number of amides is 1. The molecular weight excluding hydrogens is 270 g/mol. The fraction of sp³-hybridized carbons (Fsp3) is 0.667. The maximum absolute atomic E-state index is 11.9. The molecule has 5 heteroatoms. The number of hydrogen-bond acceptors (Lipinski definition) is 4. The van der Waals surface area contributed by atoms with E-state index in [9.17, 15) is 4.79 Å². The minimum atomic E-state index is 0.128. The molecule has 1 amide bonds. The van der Waals surface area contributed by atoms with Crippen molar-refractivity contribution in [3.05, 3.63) is 22.4 Å². The quantitative estimate of drug-likeness (QED) is 0.889. The van der Waals surface area contributed by atoms with Crippen molar-refractivity contribution in [3.8, 4) is 0 Å². The Balaban J connectivity index is 1.88. The lowest BCUT2D eigenvalue weighted by molar-refractivity contribution is -0.124. The molecule has 2 aliphatic heterocycles. The summed E-state index contributed by atoms with van der Waals surface area (Å²) in [6, 6.07) is 4.97. The summed E-state index contributed by atoms with van der Waals surface area (Å²) in [5.41, 5.74) is 6.42. The maximum Gasteiger partial charge on any atom is 0.224 e. The molecule has 1 aromatic heterocycles. The normalized spacial score (nSPS) is 29.8. The molecule has 2 saturated heterocycles. The second kappa shape index (κ2) is 5.84. The van der Waals surface area contributed by atoms with Crippen molar-refractivity contribution in [1.82, 2.24) is 10.2 Å². The Kier molecular flexibility index (Phi) is 4.10. The second-order valence-corrected chi connectivity index (χ2v) is 6.81. The summed E-state index contributed by atoms with van der Waals surface area (Å²) < 4.78 is 0. The predicted molar refractivity (Wildman–Crippen MR) is 81.6 cm³/mol. The van der Waals surface area contributed by atoms with E-state index in [-0.39, 0.29) is 23.9 Å². The second-order valence-electron chi connectivity index (χ2n) is 5.83. The molecule has 3 rings (SSSR count). The molecule has 0 saturated carbocycles. The van der Waals surface area contributed by atoms with Crippen molar-refractivity contribution in [3.63, 3.8) is 0 Å². The first-order valence-corrected chi connectivity index (χ1v) is 8.42. The fourth-order valence-corrected chi connectivity index (χ4v) is 4.55. The summed E-state index contributed by atoms with van der Waals surface area (Å²) in [4.78, 5) is 15.8. The molecule has 0 radical (unpaired) electrons. The number of carbonyl (C=O) groups is 1. The molecule has 110 valence electrons. The first-order chi connectivity index (χ1) is 9.72. The molecule has 0 spiro atoms. The van der Waals surface area contributed by atoms with Crippen molar-refractivity contribution < 1.29 is 4.79 Å². The molecule has 0 aromatic carbocycles. The van der Waals surface area contributed by atoms with Crippen LogP contribution in [-0.2, 0) is 4.79 Å². The topological polar surface area (TPSA) is 58.4 Å². The van der Waals surface area contributed by atoms with Crippen molar-refractivity contribution in [2.24, 2.45) is 11.7 Å². The Labute approximate surface area is 124 Å². The Bertz CT molecular complexity index is 462. The van der Waals surface area contributed by atoms with Crippen LogP contribution in [0.4, 0.5) is 0 Å². The number of piperidine rings is 1. The van der Waals surface area contributed by atoms with E-state index in [4.69, 9.17) is 5.73 Å². The Morgan fingerprint density at radius 3 is 3.15 bits per heavy atom. The third kappa shape index (κ3) is 2.38. The standard InChI is InChI=1S/C15H23N3OS/c1-2-11(16)14(13-6-4-8-20-13)18-7-3-5-10-12(18)9-17-15(10)19/h4,6,8,10-12,14H,2-3,5,7,9,16H2,1H3,(H,17,19). The number of thiophene rings is 1. The van der Waals surface area contributed by atoms with Gasteiger partial charge in [-0.05, 0) is 37.3 Å². The van der Waals surface area contributed by atoms with Crippen molar-refractivity contribution in [1.29, 1.82) is 0 Å². The zero-order valence-corrected chi connectivity index (χ0v) is 12.7. The first-order valence-electron chi connectivity index (χ1n) is 7.54. The maximum atomic E-state index is 11.9. The van der Waals surface area contributed by atoms with Crippen LogP contribution in [0.5, 0.6) is 0 Å². The summed E-state index contributed by atoms with van der Waals surface area (Å²) in [6.45, 7) is 3.97. The SMILES string of the molecule is CCC(N)C(c1cccs1)N1CCCC2C(=O)NCC21. The molecule has 2 aliphatic rings. The molecule has 0 bridgehead atoms. The van der Waals surface area contributed by atoms with Crippen molar-refractivity contribution in [2.75, 3.05) is 13.1 Å². The zero-order valence-electron chi connectivity index (χ0n) is 11.9. The lowest BCUT2D eigenvalue weighted by Gasteiger charge is -2.43. The van der Waals surface area contributed by atoms with E-state index in [2.05, 4.69) is 34.7 Å². The molecule has 3 heterocycles. The molecule has 4 unspecified atom stereocenters. The van der Waals surface area contributed by atoms with Crippen LogP contribution >= 0.6 is 11.3 Å². The van der Waals surface area contributed by atoms with E-state index in [0.717, 1.165) is 32.4 Å². The highest BCUT2D eigenvalue weighted by atomic mass is 32.1. The number of hydrogen-bond donors (Lipinski definition) is 2. The Morgan fingerprint density at radius 2 is 2.45 bits per heavy atom. The molecule has 3 N–H and O–H groups in total. The largest absolute Gasteiger partial charge is 0.354 e. The Morgan fingerprint density at radius 1 is 1.60 bits per heavy atom. The van der Waals surface area contributed by atoms with Gasteiger partial charge in [-0.15, -0.1) is 11.3 Å². The van der Waals surface area contributed by atoms with E-state index in [1.54, 1.807) is 11.3 Å². The van der Waals surface area contributed by atoms with Crippen LogP contribution in [0, 0.1) is 5.92 Å². The smallest absolute Gasteiger partial charge is 0.224 e. The summed E-state index contributed by atoms with van der Waals surface area (Å²) in [7, 11) is 0. The van der Waals surface area contributed by atoms with Gasteiger partial charge < -0.3 is 11.1 Å². The number of rotatable bonds is 4. The highest BCUT2D eigenvalue weighted by molar-refractivity contribution is 7.10. The molecule has 2 fully saturated rings. The zero-order chi connectivity index (χ0) is 14.1. The first kappa shape index (κ1) is 14.0. The third-order valence-electron chi connectivity index (χ3n) is 4.71. The molecule has 0 aliphatic carbocycles. The van der Waals surface area contributed by atoms with Gasteiger partial charge in [0.25, 0.3) is 0 Å². The molecule has 4 atom stereocenters. The van der Waals surface area contributed by atoms with Crippen LogP contribution in [0.2, 0.25) is 0 Å². The van der Waals surface area contributed by atoms with Gasteiger partial charge in [0.15, 0.2) is 0 Å². The summed E-state index contributed by atoms with van der Waals surface area (Å²) in [6.07, 6.45) is 3.07. The van der Waals surface area contributed by atoms with E-state index < -0.39 is 0 Å². The summed E-state index contributed by atoms with van der Waals surface area (Å²) >= 11 is 1.78. The monoisotopic (exact) mass is 293 g/mol. The van der Waals surface area contributed by atoms with Crippen LogP contribution < -0.4 is 11.1 Å². The number of nitrogens with one attached hydrogen (secondary N) is 1. The average Bonchev–Trinajstić information content (AvgIpc) is 3.10. The molecule has 20 heavy (non-hydrogen) atoms. The van der Waals surface area contributed by atoms with Gasteiger partial charge in [-0.1, -0.05) is 13.0 Å². The summed E-state index contributed by atoms with van der Waals surface area (Å²) in [5.74, 6) is 0.393. The van der Waals surface area contributed by atoms with Gasteiger partial charge in [0.2, 0.25) is 5.91 Å². The molecular formula is C15H23N3OS. The van der Waals surface area contributed by atoms with Gasteiger partial charge in [-0.2, -0.15) is 0 Å². The van der Waals surface area contributed by atoms with Gasteiger partial charge in [0.1, 0.15) is 0 Å². The van der Waals surface area contributed by atoms with E-state index >= 15 is 0 Å². The highest BCUT2D eigenvalue weighted by Crippen LogP contribution is 2.37. The van der Waals surface area contributed by atoms with Gasteiger partial charge in [-0.3, -0.25) is 9.69 Å². The fourth-order valence-electron chi connectivity index (χ4n) is 3.63. The van der Waals surface area contributed by atoms with Gasteiger partial charge in [-0.25, -0.2) is 0 Å². The van der Waals surface area contributed by atoms with Gasteiger partial charge in [0.05, 0.1) is 12.0 Å². The number of fused-ring (bicyclic) bond motifs is 1. The van der Waals surface area contributed by atoms with Crippen molar-refractivity contribution in [2.45, 2.75) is 44.3 Å². The van der Waals surface area contributed by atoms with E-state index in [1.807, 2.05) is 0 Å². The number of nitrogens with two attached hydrogens (primary N) is 1. The number of nitrogens with zero attached hydrogens (tertiary/aromatic N) is 1.